The summed E-state index contributed by atoms with van der Waals surface area (Å²) in [5.74, 6) is -1.35. The zero-order chi connectivity index (χ0) is 17.4. The fourth-order valence-corrected chi connectivity index (χ4v) is 2.97. The predicted octanol–water partition coefficient (Wildman–Crippen LogP) is 3.21. The Bertz CT molecular complexity index is 885. The van der Waals surface area contributed by atoms with Gasteiger partial charge in [-0.15, -0.1) is 0 Å². The minimum absolute atomic E-state index is 0.0244. The van der Waals surface area contributed by atoms with Gasteiger partial charge in [-0.25, -0.2) is 9.78 Å². The standard InChI is InChI=1S/C15H9Cl2N3O4/c16-7-4-9(17)12-10(5-7)20(14(22)13(12)21)6-8-2-1-3-11(18-8)19-15(23)24/h1-5H,6H2,(H,18,19)(H,23,24). The number of carboxylic acid groups (broad SMARTS) is 1. The molecule has 2 N–H and O–H groups in total. The molecule has 7 nitrogen and oxygen atoms in total. The van der Waals surface area contributed by atoms with Gasteiger partial charge in [-0.1, -0.05) is 29.3 Å². The smallest absolute Gasteiger partial charge is 0.410 e. The van der Waals surface area contributed by atoms with Crippen molar-refractivity contribution >= 4 is 52.5 Å². The molecule has 2 heterocycles. The molecule has 0 spiro atoms. The van der Waals surface area contributed by atoms with Crippen LogP contribution in [0, 0.1) is 0 Å². The molecular weight excluding hydrogens is 357 g/mol. The maximum Gasteiger partial charge on any atom is 0.410 e. The first kappa shape index (κ1) is 16.2. The molecule has 0 saturated carbocycles. The van der Waals surface area contributed by atoms with E-state index < -0.39 is 17.8 Å². The van der Waals surface area contributed by atoms with E-state index in [1.165, 1.54) is 23.1 Å². The number of aromatic nitrogens is 1. The van der Waals surface area contributed by atoms with Crippen LogP contribution in [0.15, 0.2) is 30.3 Å². The van der Waals surface area contributed by atoms with Gasteiger partial charge in [-0.3, -0.25) is 19.8 Å². The Labute approximate surface area is 145 Å². The number of amides is 2. The lowest BCUT2D eigenvalue weighted by molar-refractivity contribution is -0.114. The highest BCUT2D eigenvalue weighted by molar-refractivity contribution is 6.55. The summed E-state index contributed by atoms with van der Waals surface area (Å²) in [6, 6.07) is 7.53. The lowest BCUT2D eigenvalue weighted by Crippen LogP contribution is -2.29. The first-order valence-corrected chi connectivity index (χ1v) is 7.43. The maximum absolute atomic E-state index is 12.2. The molecule has 2 amide bonds. The Morgan fingerprint density at radius 1 is 1.25 bits per heavy atom. The topological polar surface area (TPSA) is 99.6 Å². The van der Waals surface area contributed by atoms with Gasteiger partial charge in [0.1, 0.15) is 5.82 Å². The van der Waals surface area contributed by atoms with Crippen LogP contribution in [0.1, 0.15) is 16.1 Å². The molecule has 0 radical (unpaired) electrons. The Balaban J connectivity index is 1.96. The predicted molar refractivity (Wildman–Crippen MR) is 87.9 cm³/mol. The number of fused-ring (bicyclic) bond motifs is 1. The van der Waals surface area contributed by atoms with Crippen molar-refractivity contribution in [2.75, 3.05) is 10.2 Å². The zero-order valence-electron chi connectivity index (χ0n) is 11.9. The number of halogens is 2. The third-order valence-corrected chi connectivity index (χ3v) is 3.87. The van der Waals surface area contributed by atoms with Crippen LogP contribution in [0.3, 0.4) is 0 Å². The Morgan fingerprint density at radius 3 is 2.71 bits per heavy atom. The highest BCUT2D eigenvalue weighted by atomic mass is 35.5. The second kappa shape index (κ2) is 6.10. The van der Waals surface area contributed by atoms with E-state index in [4.69, 9.17) is 28.3 Å². The first-order chi connectivity index (χ1) is 11.4. The van der Waals surface area contributed by atoms with Gasteiger partial charge in [0.25, 0.3) is 11.7 Å². The molecule has 2 aromatic rings. The van der Waals surface area contributed by atoms with Crippen molar-refractivity contribution in [3.63, 3.8) is 0 Å². The van der Waals surface area contributed by atoms with Crippen molar-refractivity contribution in [2.45, 2.75) is 6.54 Å². The van der Waals surface area contributed by atoms with Gasteiger partial charge in [0.05, 0.1) is 28.5 Å². The molecule has 1 aromatic carbocycles. The molecular formula is C15H9Cl2N3O4. The summed E-state index contributed by atoms with van der Waals surface area (Å²) in [5.41, 5.74) is 0.804. The highest BCUT2D eigenvalue weighted by Gasteiger charge is 2.38. The molecule has 1 aliphatic rings. The molecule has 9 heteroatoms. The number of pyridine rings is 1. The van der Waals surface area contributed by atoms with Crippen LogP contribution in [0.25, 0.3) is 0 Å². The number of hydrogen-bond acceptors (Lipinski definition) is 4. The Morgan fingerprint density at radius 2 is 2.00 bits per heavy atom. The number of nitrogens with one attached hydrogen (secondary N) is 1. The normalized spacial score (nSPS) is 13.2. The fourth-order valence-electron chi connectivity index (χ4n) is 2.40. The summed E-state index contributed by atoms with van der Waals surface area (Å²) in [4.78, 5) is 40.3. The molecule has 0 bridgehead atoms. The number of nitrogens with zero attached hydrogens (tertiary/aromatic N) is 2. The summed E-state index contributed by atoms with van der Waals surface area (Å²) in [7, 11) is 0. The van der Waals surface area contributed by atoms with Gasteiger partial charge < -0.3 is 5.11 Å². The van der Waals surface area contributed by atoms with E-state index in [1.807, 2.05) is 0 Å². The number of anilines is 2. The zero-order valence-corrected chi connectivity index (χ0v) is 13.4. The van der Waals surface area contributed by atoms with Gasteiger partial charge in [0.2, 0.25) is 0 Å². The van der Waals surface area contributed by atoms with E-state index in [0.29, 0.717) is 16.4 Å². The van der Waals surface area contributed by atoms with E-state index >= 15 is 0 Å². The number of benzene rings is 1. The molecule has 1 aromatic heterocycles. The van der Waals surface area contributed by atoms with Crippen molar-refractivity contribution in [1.82, 2.24) is 4.98 Å². The number of ketones is 1. The number of carbonyl (C=O) groups is 3. The average molecular weight is 366 g/mol. The Hall–Kier alpha value is -2.64. The first-order valence-electron chi connectivity index (χ1n) is 6.68. The van der Waals surface area contributed by atoms with Crippen LogP contribution < -0.4 is 10.2 Å². The summed E-state index contributed by atoms with van der Waals surface area (Å²) in [6.07, 6.45) is -1.25. The summed E-state index contributed by atoms with van der Waals surface area (Å²) < 4.78 is 0. The molecule has 0 unspecified atom stereocenters. The molecule has 0 atom stereocenters. The summed E-state index contributed by atoms with van der Waals surface area (Å²) in [6.45, 7) is -0.0244. The lowest BCUT2D eigenvalue weighted by atomic mass is 10.1. The largest absolute Gasteiger partial charge is 0.465 e. The Kier molecular flexibility index (Phi) is 4.13. The van der Waals surface area contributed by atoms with Crippen LogP contribution >= 0.6 is 23.2 Å². The second-order valence-corrected chi connectivity index (χ2v) is 5.79. The number of hydrogen-bond donors (Lipinski definition) is 2. The van der Waals surface area contributed by atoms with E-state index in [0.717, 1.165) is 0 Å². The minimum atomic E-state index is -1.25. The van der Waals surface area contributed by atoms with Gasteiger partial charge in [0, 0.05) is 5.02 Å². The van der Waals surface area contributed by atoms with Crippen LogP contribution in [0.5, 0.6) is 0 Å². The van der Waals surface area contributed by atoms with E-state index in [2.05, 4.69) is 10.3 Å². The van der Waals surface area contributed by atoms with E-state index in [-0.39, 0.29) is 22.9 Å². The number of Topliss-reactive ketones (excluding diaryl/α,β-unsaturated/α-hetero) is 1. The number of carbonyl (C=O) groups excluding carboxylic acids is 2. The summed E-state index contributed by atoms with van der Waals surface area (Å²) in [5, 5.41) is 11.2. The molecule has 3 rings (SSSR count). The van der Waals surface area contributed by atoms with Crippen molar-refractivity contribution in [2.24, 2.45) is 0 Å². The van der Waals surface area contributed by atoms with Crippen LogP contribution in [0.4, 0.5) is 16.3 Å². The third kappa shape index (κ3) is 2.91. The average Bonchev–Trinajstić information content (AvgIpc) is 2.72. The monoisotopic (exact) mass is 365 g/mol. The SMILES string of the molecule is O=C(O)Nc1cccc(CN2C(=O)C(=O)c3c(Cl)cc(Cl)cc32)n1. The molecule has 1 aliphatic heterocycles. The van der Waals surface area contributed by atoms with Crippen LogP contribution in [-0.2, 0) is 11.3 Å². The molecule has 0 saturated heterocycles. The minimum Gasteiger partial charge on any atom is -0.465 e. The lowest BCUT2D eigenvalue weighted by Gasteiger charge is -2.16. The summed E-state index contributed by atoms with van der Waals surface area (Å²) >= 11 is 12.0. The molecule has 0 aliphatic carbocycles. The van der Waals surface area contributed by atoms with E-state index in [1.54, 1.807) is 12.1 Å². The van der Waals surface area contributed by atoms with Crippen LogP contribution in [0.2, 0.25) is 10.0 Å². The van der Waals surface area contributed by atoms with Crippen LogP contribution in [-0.4, -0.2) is 27.9 Å². The molecule has 122 valence electrons. The van der Waals surface area contributed by atoms with Gasteiger partial charge in [0.15, 0.2) is 0 Å². The quantitative estimate of drug-likeness (QED) is 0.813. The fraction of sp³-hybridized carbons (Fsp3) is 0.0667. The highest BCUT2D eigenvalue weighted by Crippen LogP contribution is 2.37. The van der Waals surface area contributed by atoms with Gasteiger partial charge >= 0.3 is 6.09 Å². The van der Waals surface area contributed by atoms with Crippen molar-refractivity contribution < 1.29 is 19.5 Å². The van der Waals surface area contributed by atoms with Crippen molar-refractivity contribution in [1.29, 1.82) is 0 Å². The van der Waals surface area contributed by atoms with Crippen molar-refractivity contribution in [3.05, 3.63) is 51.6 Å². The van der Waals surface area contributed by atoms with Gasteiger partial charge in [-0.2, -0.15) is 0 Å². The van der Waals surface area contributed by atoms with Crippen molar-refractivity contribution in [3.8, 4) is 0 Å². The van der Waals surface area contributed by atoms with Gasteiger partial charge in [-0.05, 0) is 24.3 Å². The second-order valence-electron chi connectivity index (χ2n) is 4.95. The maximum atomic E-state index is 12.2. The number of rotatable bonds is 3. The molecule has 24 heavy (non-hydrogen) atoms. The molecule has 0 fully saturated rings. The third-order valence-electron chi connectivity index (χ3n) is 3.35. The van der Waals surface area contributed by atoms with E-state index in [9.17, 15) is 14.4 Å².